The first-order valence-corrected chi connectivity index (χ1v) is 6.46. The molecule has 16 heavy (non-hydrogen) atoms. The van der Waals surface area contributed by atoms with Gasteiger partial charge in [-0.3, -0.25) is 4.79 Å². The zero-order valence-corrected chi connectivity index (χ0v) is 13.4. The molecular weight excluding hydrogens is 211 g/mol. The molecule has 2 nitrogen and oxygen atoms in total. The minimum atomic E-state index is -0.0713. The van der Waals surface area contributed by atoms with E-state index in [0.717, 1.165) is 6.42 Å². The van der Waals surface area contributed by atoms with E-state index >= 15 is 0 Å². The molecule has 0 aromatic rings. The molecule has 0 bridgehead atoms. The summed E-state index contributed by atoms with van der Waals surface area (Å²) in [6.45, 7) is 4.68. The van der Waals surface area contributed by atoms with Crippen LogP contribution in [-0.4, -0.2) is 42.1 Å². The van der Waals surface area contributed by atoms with E-state index in [9.17, 15) is 4.79 Å². The predicted octanol–water partition coefficient (Wildman–Crippen LogP) is 3.70. The van der Waals surface area contributed by atoms with Crippen LogP contribution in [-0.2, 0) is 9.53 Å². The SMILES string of the molecule is CCCCCCCCCCOC(=O)CC.[Na]. The van der Waals surface area contributed by atoms with Gasteiger partial charge in [0.05, 0.1) is 6.61 Å². The van der Waals surface area contributed by atoms with Gasteiger partial charge in [-0.2, -0.15) is 0 Å². The largest absolute Gasteiger partial charge is 0.466 e. The van der Waals surface area contributed by atoms with Gasteiger partial charge < -0.3 is 4.74 Å². The Kier molecular flexibility index (Phi) is 18.2. The van der Waals surface area contributed by atoms with Gasteiger partial charge in [0.25, 0.3) is 0 Å². The predicted molar refractivity (Wildman–Crippen MR) is 69.6 cm³/mol. The summed E-state index contributed by atoms with van der Waals surface area (Å²) in [6, 6.07) is 0. The van der Waals surface area contributed by atoms with Gasteiger partial charge in [0, 0.05) is 36.0 Å². The monoisotopic (exact) mass is 237 g/mol. The summed E-state index contributed by atoms with van der Waals surface area (Å²) in [6.07, 6.45) is 10.8. The van der Waals surface area contributed by atoms with Crippen molar-refractivity contribution < 1.29 is 9.53 Å². The van der Waals surface area contributed by atoms with Gasteiger partial charge >= 0.3 is 5.97 Å². The molecule has 0 aromatic carbocycles. The van der Waals surface area contributed by atoms with Crippen LogP contribution in [0.1, 0.15) is 71.6 Å². The van der Waals surface area contributed by atoms with Crippen molar-refractivity contribution in [2.24, 2.45) is 0 Å². The summed E-state index contributed by atoms with van der Waals surface area (Å²) in [5.74, 6) is -0.0713. The minimum Gasteiger partial charge on any atom is -0.466 e. The fourth-order valence-corrected chi connectivity index (χ4v) is 1.52. The Morgan fingerprint density at radius 1 is 0.875 bits per heavy atom. The first-order valence-electron chi connectivity index (χ1n) is 6.46. The van der Waals surface area contributed by atoms with Crippen molar-refractivity contribution in [2.45, 2.75) is 71.6 Å². The maximum absolute atomic E-state index is 10.8. The summed E-state index contributed by atoms with van der Waals surface area (Å²) in [5, 5.41) is 0. The first-order chi connectivity index (χ1) is 7.31. The molecule has 0 aliphatic rings. The Bertz CT molecular complexity index is 149. The van der Waals surface area contributed by atoms with Crippen LogP contribution in [0.15, 0.2) is 0 Å². The van der Waals surface area contributed by atoms with Gasteiger partial charge in [-0.05, 0) is 6.42 Å². The smallest absolute Gasteiger partial charge is 0.305 e. The molecule has 0 amide bonds. The van der Waals surface area contributed by atoms with Gasteiger partial charge in [-0.15, -0.1) is 0 Å². The zero-order chi connectivity index (χ0) is 11.4. The van der Waals surface area contributed by atoms with Crippen molar-refractivity contribution in [3.63, 3.8) is 0 Å². The Balaban J connectivity index is 0. The fourth-order valence-electron chi connectivity index (χ4n) is 1.52. The molecule has 0 aromatic heterocycles. The molecule has 0 spiro atoms. The average Bonchev–Trinajstić information content (AvgIpc) is 2.26. The quantitative estimate of drug-likeness (QED) is 0.329. The number of ether oxygens (including phenoxy) is 1. The fraction of sp³-hybridized carbons (Fsp3) is 0.923. The van der Waals surface area contributed by atoms with Gasteiger partial charge in [0.2, 0.25) is 0 Å². The van der Waals surface area contributed by atoms with Crippen LogP contribution in [0.3, 0.4) is 0 Å². The normalized spacial score (nSPS) is 9.62. The standard InChI is InChI=1S/C13H26O2.Na/c1-3-5-6-7-8-9-10-11-12-15-13(14)4-2;/h3-12H2,1-2H3;. The second kappa shape index (κ2) is 15.5. The van der Waals surface area contributed by atoms with E-state index in [1.807, 2.05) is 6.92 Å². The maximum Gasteiger partial charge on any atom is 0.305 e. The Morgan fingerprint density at radius 3 is 1.88 bits per heavy atom. The summed E-state index contributed by atoms with van der Waals surface area (Å²) >= 11 is 0. The molecular formula is C13H26NaO2. The third-order valence-electron chi connectivity index (χ3n) is 2.55. The summed E-state index contributed by atoms with van der Waals surface area (Å²) in [4.78, 5) is 10.8. The van der Waals surface area contributed by atoms with Crippen LogP contribution in [0.2, 0.25) is 0 Å². The molecule has 0 N–H and O–H groups in total. The van der Waals surface area contributed by atoms with E-state index in [1.165, 1.54) is 44.9 Å². The molecule has 0 atom stereocenters. The second-order valence-corrected chi connectivity index (χ2v) is 4.05. The number of hydrogen-bond donors (Lipinski definition) is 0. The van der Waals surface area contributed by atoms with Crippen LogP contribution >= 0.6 is 0 Å². The summed E-state index contributed by atoms with van der Waals surface area (Å²) in [5.41, 5.74) is 0. The zero-order valence-electron chi connectivity index (χ0n) is 11.4. The van der Waals surface area contributed by atoms with Gasteiger partial charge in [0.1, 0.15) is 0 Å². The Hall–Kier alpha value is 0.470. The molecule has 0 heterocycles. The molecule has 1 radical (unpaired) electrons. The Labute approximate surface area is 123 Å². The van der Waals surface area contributed by atoms with E-state index in [-0.39, 0.29) is 35.5 Å². The number of esters is 1. The van der Waals surface area contributed by atoms with E-state index in [2.05, 4.69) is 6.92 Å². The van der Waals surface area contributed by atoms with E-state index < -0.39 is 0 Å². The van der Waals surface area contributed by atoms with E-state index in [4.69, 9.17) is 4.74 Å². The maximum atomic E-state index is 10.8. The number of hydrogen-bond acceptors (Lipinski definition) is 2. The Morgan fingerprint density at radius 2 is 1.38 bits per heavy atom. The summed E-state index contributed by atoms with van der Waals surface area (Å²) < 4.78 is 5.00. The molecule has 0 unspecified atom stereocenters. The first kappa shape index (κ1) is 18.8. The second-order valence-electron chi connectivity index (χ2n) is 4.05. The van der Waals surface area contributed by atoms with Crippen LogP contribution in [0.4, 0.5) is 0 Å². The van der Waals surface area contributed by atoms with Crippen LogP contribution < -0.4 is 0 Å². The van der Waals surface area contributed by atoms with E-state index in [1.54, 1.807) is 0 Å². The molecule has 0 fully saturated rings. The van der Waals surface area contributed by atoms with Crippen molar-refractivity contribution in [2.75, 3.05) is 6.61 Å². The molecule has 0 saturated carbocycles. The van der Waals surface area contributed by atoms with Crippen LogP contribution in [0.25, 0.3) is 0 Å². The third kappa shape index (κ3) is 14.5. The minimum absolute atomic E-state index is 0. The van der Waals surface area contributed by atoms with Crippen molar-refractivity contribution in [3.05, 3.63) is 0 Å². The molecule has 0 saturated heterocycles. The van der Waals surface area contributed by atoms with Crippen molar-refractivity contribution in [1.29, 1.82) is 0 Å². The molecule has 0 aliphatic heterocycles. The van der Waals surface area contributed by atoms with Gasteiger partial charge in [-0.1, -0.05) is 58.8 Å². The van der Waals surface area contributed by atoms with E-state index in [0.29, 0.717) is 13.0 Å². The average molecular weight is 237 g/mol. The van der Waals surface area contributed by atoms with Crippen molar-refractivity contribution >= 4 is 35.5 Å². The number of carbonyl (C=O) groups is 1. The van der Waals surface area contributed by atoms with Crippen LogP contribution in [0.5, 0.6) is 0 Å². The number of unbranched alkanes of at least 4 members (excludes halogenated alkanes) is 7. The van der Waals surface area contributed by atoms with Crippen molar-refractivity contribution in [3.8, 4) is 0 Å². The molecule has 3 heteroatoms. The molecule has 0 rings (SSSR count). The van der Waals surface area contributed by atoms with Gasteiger partial charge in [0.15, 0.2) is 0 Å². The molecule has 0 aliphatic carbocycles. The summed E-state index contributed by atoms with van der Waals surface area (Å²) in [7, 11) is 0. The third-order valence-corrected chi connectivity index (χ3v) is 2.55. The molecule has 91 valence electrons. The van der Waals surface area contributed by atoms with Crippen LogP contribution in [0, 0.1) is 0 Å². The number of rotatable bonds is 10. The van der Waals surface area contributed by atoms with Gasteiger partial charge in [-0.25, -0.2) is 0 Å². The topological polar surface area (TPSA) is 26.3 Å². The number of carbonyl (C=O) groups excluding carboxylic acids is 1. The van der Waals surface area contributed by atoms with Crippen molar-refractivity contribution in [1.82, 2.24) is 0 Å².